The minimum atomic E-state index is -0.521. The SMILES string of the molecule is COC(=O)c1ccc(OC)nc1Cn1cnn(C)c1=O. The molecule has 0 unspecified atom stereocenters. The second-order valence-electron chi connectivity index (χ2n) is 4.00. The Labute approximate surface area is 114 Å². The van der Waals surface area contributed by atoms with E-state index in [0.29, 0.717) is 11.6 Å². The fourth-order valence-electron chi connectivity index (χ4n) is 1.71. The summed E-state index contributed by atoms with van der Waals surface area (Å²) in [5.74, 6) is -0.170. The van der Waals surface area contributed by atoms with E-state index >= 15 is 0 Å². The van der Waals surface area contributed by atoms with Crippen molar-refractivity contribution < 1.29 is 14.3 Å². The highest BCUT2D eigenvalue weighted by Gasteiger charge is 2.16. The number of nitrogens with zero attached hydrogens (tertiary/aromatic N) is 4. The third-order valence-electron chi connectivity index (χ3n) is 2.77. The second kappa shape index (κ2) is 5.55. The molecule has 2 heterocycles. The van der Waals surface area contributed by atoms with Crippen molar-refractivity contribution in [2.75, 3.05) is 14.2 Å². The Balaban J connectivity index is 2.45. The lowest BCUT2D eigenvalue weighted by Crippen LogP contribution is -2.24. The van der Waals surface area contributed by atoms with Crippen LogP contribution in [-0.2, 0) is 18.3 Å². The van der Waals surface area contributed by atoms with Gasteiger partial charge in [-0.15, -0.1) is 0 Å². The van der Waals surface area contributed by atoms with Crippen molar-refractivity contribution in [1.29, 1.82) is 0 Å². The Morgan fingerprint density at radius 2 is 2.10 bits per heavy atom. The van der Waals surface area contributed by atoms with Crippen molar-refractivity contribution in [3.8, 4) is 5.88 Å². The van der Waals surface area contributed by atoms with Gasteiger partial charge in [-0.2, -0.15) is 5.10 Å². The van der Waals surface area contributed by atoms with Crippen LogP contribution in [-0.4, -0.2) is 39.5 Å². The molecule has 0 saturated carbocycles. The molecular weight excluding hydrogens is 264 g/mol. The molecule has 2 rings (SSSR count). The smallest absolute Gasteiger partial charge is 0.345 e. The Morgan fingerprint density at radius 3 is 2.65 bits per heavy atom. The van der Waals surface area contributed by atoms with Crippen LogP contribution in [0.3, 0.4) is 0 Å². The Bertz CT molecular complexity index is 689. The highest BCUT2D eigenvalue weighted by atomic mass is 16.5. The molecule has 0 aliphatic rings. The van der Waals surface area contributed by atoms with Gasteiger partial charge in [0, 0.05) is 13.1 Å². The second-order valence-corrected chi connectivity index (χ2v) is 4.00. The quantitative estimate of drug-likeness (QED) is 0.721. The van der Waals surface area contributed by atoms with Gasteiger partial charge in [0.05, 0.1) is 32.0 Å². The minimum Gasteiger partial charge on any atom is -0.481 e. The van der Waals surface area contributed by atoms with E-state index in [9.17, 15) is 9.59 Å². The summed E-state index contributed by atoms with van der Waals surface area (Å²) in [6.45, 7) is 0.105. The summed E-state index contributed by atoms with van der Waals surface area (Å²) in [6, 6.07) is 3.11. The summed E-state index contributed by atoms with van der Waals surface area (Å²) in [6.07, 6.45) is 1.38. The number of esters is 1. The first-order valence-corrected chi connectivity index (χ1v) is 5.77. The predicted octanol–water partition coefficient (Wildman–Crippen LogP) is -0.180. The van der Waals surface area contributed by atoms with E-state index in [1.165, 1.54) is 29.8 Å². The topological polar surface area (TPSA) is 88.2 Å². The molecular formula is C12H14N4O4. The van der Waals surface area contributed by atoms with E-state index in [1.807, 2.05) is 0 Å². The standard InChI is InChI=1S/C12H14N4O4/c1-15-12(18)16(7-13-15)6-9-8(11(17)20-3)4-5-10(14-9)19-2/h4-5,7H,6H2,1-3H3. The Hall–Kier alpha value is -2.64. The van der Waals surface area contributed by atoms with Gasteiger partial charge in [-0.25, -0.2) is 19.3 Å². The van der Waals surface area contributed by atoms with Crippen LogP contribution >= 0.6 is 0 Å². The normalized spacial score (nSPS) is 10.3. The van der Waals surface area contributed by atoms with Crippen LogP contribution in [0.15, 0.2) is 23.3 Å². The fourth-order valence-corrected chi connectivity index (χ4v) is 1.71. The molecule has 0 aliphatic carbocycles. The number of rotatable bonds is 4. The average Bonchev–Trinajstić information content (AvgIpc) is 2.78. The van der Waals surface area contributed by atoms with Gasteiger partial charge < -0.3 is 9.47 Å². The molecule has 20 heavy (non-hydrogen) atoms. The van der Waals surface area contributed by atoms with E-state index in [2.05, 4.69) is 10.1 Å². The third-order valence-corrected chi connectivity index (χ3v) is 2.77. The van der Waals surface area contributed by atoms with E-state index in [-0.39, 0.29) is 17.8 Å². The maximum atomic E-state index is 11.8. The summed E-state index contributed by atoms with van der Waals surface area (Å²) in [7, 11) is 4.30. The van der Waals surface area contributed by atoms with E-state index in [0.717, 1.165) is 0 Å². The van der Waals surface area contributed by atoms with Gasteiger partial charge in [-0.05, 0) is 6.07 Å². The molecule has 0 bridgehead atoms. The molecule has 0 atom stereocenters. The molecule has 2 aromatic rings. The van der Waals surface area contributed by atoms with Gasteiger partial charge in [0.1, 0.15) is 6.33 Å². The summed E-state index contributed by atoms with van der Waals surface area (Å²) >= 11 is 0. The fraction of sp³-hybridized carbons (Fsp3) is 0.333. The maximum absolute atomic E-state index is 11.8. The van der Waals surface area contributed by atoms with Crippen LogP contribution in [0, 0.1) is 0 Å². The Morgan fingerprint density at radius 1 is 1.35 bits per heavy atom. The number of ether oxygens (including phenoxy) is 2. The number of pyridine rings is 1. The molecule has 2 aromatic heterocycles. The number of carbonyl (C=O) groups is 1. The predicted molar refractivity (Wildman–Crippen MR) is 68.7 cm³/mol. The molecule has 0 aliphatic heterocycles. The van der Waals surface area contributed by atoms with Crippen molar-refractivity contribution in [2.45, 2.75) is 6.54 Å². The zero-order chi connectivity index (χ0) is 14.7. The molecule has 0 saturated heterocycles. The van der Waals surface area contributed by atoms with Crippen molar-refractivity contribution in [3.63, 3.8) is 0 Å². The summed E-state index contributed by atoms with van der Waals surface area (Å²) in [5, 5.41) is 3.84. The lowest BCUT2D eigenvalue weighted by Gasteiger charge is -2.08. The maximum Gasteiger partial charge on any atom is 0.345 e. The lowest BCUT2D eigenvalue weighted by molar-refractivity contribution is 0.0598. The molecule has 0 aromatic carbocycles. The van der Waals surface area contributed by atoms with Crippen LogP contribution in [0.5, 0.6) is 5.88 Å². The molecule has 8 heteroatoms. The lowest BCUT2D eigenvalue weighted by atomic mass is 10.2. The molecule has 0 amide bonds. The zero-order valence-electron chi connectivity index (χ0n) is 11.4. The Kier molecular flexibility index (Phi) is 3.83. The largest absolute Gasteiger partial charge is 0.481 e. The van der Waals surface area contributed by atoms with Crippen LogP contribution < -0.4 is 10.4 Å². The van der Waals surface area contributed by atoms with Crippen LogP contribution in [0.2, 0.25) is 0 Å². The number of hydrogen-bond donors (Lipinski definition) is 0. The monoisotopic (exact) mass is 278 g/mol. The molecule has 0 N–H and O–H groups in total. The molecule has 0 radical (unpaired) electrons. The minimum absolute atomic E-state index is 0.105. The third kappa shape index (κ3) is 2.53. The average molecular weight is 278 g/mol. The summed E-state index contributed by atoms with van der Waals surface area (Å²) < 4.78 is 12.3. The van der Waals surface area contributed by atoms with Crippen molar-refractivity contribution in [1.82, 2.24) is 19.3 Å². The highest BCUT2D eigenvalue weighted by Crippen LogP contribution is 2.14. The van der Waals surface area contributed by atoms with Crippen molar-refractivity contribution in [3.05, 3.63) is 40.2 Å². The summed E-state index contributed by atoms with van der Waals surface area (Å²) in [5.41, 5.74) is 0.362. The number of carbonyl (C=O) groups excluding carboxylic acids is 1. The van der Waals surface area contributed by atoms with Crippen LogP contribution in [0.1, 0.15) is 16.1 Å². The first kappa shape index (κ1) is 13.8. The van der Waals surface area contributed by atoms with E-state index < -0.39 is 5.97 Å². The first-order valence-electron chi connectivity index (χ1n) is 5.77. The van der Waals surface area contributed by atoms with Gasteiger partial charge in [0.15, 0.2) is 0 Å². The molecule has 106 valence electrons. The van der Waals surface area contributed by atoms with Crippen LogP contribution in [0.4, 0.5) is 0 Å². The van der Waals surface area contributed by atoms with Gasteiger partial charge in [0.25, 0.3) is 0 Å². The first-order chi connectivity index (χ1) is 9.56. The zero-order valence-corrected chi connectivity index (χ0v) is 11.4. The van der Waals surface area contributed by atoms with E-state index in [4.69, 9.17) is 9.47 Å². The van der Waals surface area contributed by atoms with Gasteiger partial charge in [-0.1, -0.05) is 0 Å². The van der Waals surface area contributed by atoms with Crippen LogP contribution in [0.25, 0.3) is 0 Å². The summed E-state index contributed by atoms with van der Waals surface area (Å²) in [4.78, 5) is 27.7. The molecule has 8 nitrogen and oxygen atoms in total. The van der Waals surface area contributed by atoms with Gasteiger partial charge in [-0.3, -0.25) is 4.57 Å². The molecule has 0 fully saturated rings. The van der Waals surface area contributed by atoms with Gasteiger partial charge in [0.2, 0.25) is 5.88 Å². The number of aryl methyl sites for hydroxylation is 1. The van der Waals surface area contributed by atoms with Crippen molar-refractivity contribution >= 4 is 5.97 Å². The van der Waals surface area contributed by atoms with Gasteiger partial charge >= 0.3 is 11.7 Å². The van der Waals surface area contributed by atoms with Crippen molar-refractivity contribution in [2.24, 2.45) is 7.05 Å². The number of aromatic nitrogens is 4. The number of methoxy groups -OCH3 is 2. The highest BCUT2D eigenvalue weighted by molar-refractivity contribution is 5.90. The number of hydrogen-bond acceptors (Lipinski definition) is 6. The van der Waals surface area contributed by atoms with E-state index in [1.54, 1.807) is 19.2 Å². The molecule has 0 spiro atoms.